The van der Waals surface area contributed by atoms with Gasteiger partial charge in [-0.05, 0) is 19.8 Å². The lowest BCUT2D eigenvalue weighted by Crippen LogP contribution is -2.73. The predicted molar refractivity (Wildman–Crippen MR) is 105 cm³/mol. The van der Waals surface area contributed by atoms with Crippen LogP contribution in [0.1, 0.15) is 33.4 Å². The number of nitrogens with one attached hydrogen (secondary N) is 1. The summed E-state index contributed by atoms with van der Waals surface area (Å²) in [7, 11) is -4.80. The first kappa shape index (κ1) is 23.5. The number of aliphatic carboxylic acids is 1. The van der Waals surface area contributed by atoms with Gasteiger partial charge >= 0.3 is 16.3 Å². The number of carboxylic acids is 1. The van der Waals surface area contributed by atoms with Crippen LogP contribution in [0.4, 0.5) is 5.13 Å². The molecule has 1 saturated heterocycles. The van der Waals surface area contributed by atoms with Gasteiger partial charge in [-0.2, -0.15) is 8.42 Å². The maximum atomic E-state index is 12.8. The van der Waals surface area contributed by atoms with Crippen molar-refractivity contribution in [1.82, 2.24) is 14.6 Å². The maximum absolute atomic E-state index is 12.8. The number of rotatable bonds is 8. The average Bonchev–Trinajstić information content (AvgIpc) is 3.01. The van der Waals surface area contributed by atoms with Crippen LogP contribution in [0.25, 0.3) is 0 Å². The summed E-state index contributed by atoms with van der Waals surface area (Å²) in [5.41, 5.74) is 3.30. The van der Waals surface area contributed by atoms with Crippen LogP contribution < -0.4 is 11.1 Å². The Morgan fingerprint density at radius 1 is 1.43 bits per heavy atom. The number of nitrogen functional groups attached to an aromatic ring is 1. The van der Waals surface area contributed by atoms with Crippen molar-refractivity contribution in [2.45, 2.75) is 45.4 Å². The molecule has 2 rings (SSSR count). The fourth-order valence-corrected chi connectivity index (χ4v) is 4.12. The molecule has 0 bridgehead atoms. The van der Waals surface area contributed by atoms with Gasteiger partial charge in [-0.3, -0.25) is 14.1 Å². The Balaban J connectivity index is 2.33. The molecule has 1 fully saturated rings. The summed E-state index contributed by atoms with van der Waals surface area (Å²) in [5, 5.41) is 16.5. The molecule has 1 aromatic rings. The number of carbonyl (C=O) groups is 3. The number of amides is 2. The molecule has 0 aromatic carbocycles. The van der Waals surface area contributed by atoms with E-state index in [-0.39, 0.29) is 15.1 Å². The number of hydrogen-bond donors (Lipinski definition) is 4. The molecule has 1 aliphatic heterocycles. The van der Waals surface area contributed by atoms with Crippen molar-refractivity contribution in [3.05, 3.63) is 11.1 Å². The van der Waals surface area contributed by atoms with Gasteiger partial charge in [0.2, 0.25) is 5.60 Å². The molecule has 2 amide bonds. The predicted octanol–water partition coefficient (Wildman–Crippen LogP) is -0.536. The number of hydrogen-bond acceptors (Lipinski definition) is 10. The van der Waals surface area contributed by atoms with E-state index in [4.69, 9.17) is 15.7 Å². The van der Waals surface area contributed by atoms with Crippen molar-refractivity contribution >= 4 is 50.3 Å². The molecule has 0 saturated carbocycles. The number of carboxylic acid groups (broad SMARTS) is 1. The molecule has 0 unspecified atom stereocenters. The monoisotopic (exact) mass is 463 g/mol. The van der Waals surface area contributed by atoms with Gasteiger partial charge in [0, 0.05) is 5.38 Å². The first-order valence-electron chi connectivity index (χ1n) is 8.49. The Bertz CT molecular complexity index is 1000. The third-order valence-electron chi connectivity index (χ3n) is 4.17. The van der Waals surface area contributed by atoms with Crippen LogP contribution >= 0.6 is 11.3 Å². The molecule has 1 aromatic heterocycles. The lowest BCUT2D eigenvalue weighted by Gasteiger charge is -2.46. The fraction of sp³-hybridized carbons (Fsp3) is 0.533. The van der Waals surface area contributed by atoms with Crippen LogP contribution in [-0.2, 0) is 29.5 Å². The van der Waals surface area contributed by atoms with Gasteiger partial charge in [0.25, 0.3) is 11.8 Å². The second-order valence-corrected chi connectivity index (χ2v) is 9.39. The van der Waals surface area contributed by atoms with E-state index in [9.17, 15) is 27.4 Å². The molecule has 2 atom stereocenters. The molecule has 13 nitrogen and oxygen atoms in total. The number of thiazole rings is 1. The Labute approximate surface area is 175 Å². The zero-order valence-corrected chi connectivity index (χ0v) is 18.0. The molecule has 0 spiro atoms. The molecule has 1 aliphatic rings. The highest BCUT2D eigenvalue weighted by molar-refractivity contribution is 7.84. The zero-order valence-electron chi connectivity index (χ0n) is 16.4. The smallest absolute Gasteiger partial charge is 0.362 e. The number of oxime groups is 1. The van der Waals surface area contributed by atoms with E-state index in [2.05, 4.69) is 15.5 Å². The van der Waals surface area contributed by atoms with Crippen molar-refractivity contribution in [2.75, 3.05) is 5.73 Å². The van der Waals surface area contributed by atoms with E-state index in [0.717, 1.165) is 11.3 Å². The summed E-state index contributed by atoms with van der Waals surface area (Å²) >= 11 is 0.985. The largest absolute Gasteiger partial charge is 0.478 e. The highest BCUT2D eigenvalue weighted by Gasteiger charge is 2.55. The molecule has 15 heteroatoms. The lowest BCUT2D eigenvalue weighted by molar-refractivity contribution is -0.161. The van der Waals surface area contributed by atoms with Crippen LogP contribution in [0.2, 0.25) is 0 Å². The van der Waals surface area contributed by atoms with Crippen molar-refractivity contribution < 1.29 is 37.3 Å². The van der Waals surface area contributed by atoms with Crippen molar-refractivity contribution in [3.63, 3.8) is 0 Å². The van der Waals surface area contributed by atoms with E-state index in [1.54, 1.807) is 13.8 Å². The maximum Gasteiger partial charge on any atom is 0.362 e. The van der Waals surface area contributed by atoms with Crippen LogP contribution in [0.15, 0.2) is 10.5 Å². The Hall–Kier alpha value is -2.78. The highest BCUT2D eigenvalue weighted by atomic mass is 32.2. The summed E-state index contributed by atoms with van der Waals surface area (Å²) in [4.78, 5) is 45.1. The minimum Gasteiger partial charge on any atom is -0.478 e. The summed E-state index contributed by atoms with van der Waals surface area (Å²) < 4.78 is 32.4. The van der Waals surface area contributed by atoms with E-state index in [1.807, 2.05) is 0 Å². The molecular weight excluding hydrogens is 442 g/mol. The molecule has 2 heterocycles. The number of nitrogens with two attached hydrogens (primary N) is 1. The average molecular weight is 463 g/mol. The summed E-state index contributed by atoms with van der Waals surface area (Å²) in [6, 6.07) is -2.30. The van der Waals surface area contributed by atoms with E-state index >= 15 is 0 Å². The Morgan fingerprint density at radius 2 is 2.03 bits per heavy atom. The fourth-order valence-electron chi connectivity index (χ4n) is 2.56. The minimum atomic E-state index is -4.80. The Morgan fingerprint density at radius 3 is 2.47 bits per heavy atom. The second kappa shape index (κ2) is 8.16. The summed E-state index contributed by atoms with van der Waals surface area (Å²) in [6.07, 6.45) is 0. The van der Waals surface area contributed by atoms with E-state index < -0.39 is 57.4 Å². The highest BCUT2D eigenvalue weighted by Crippen LogP contribution is 2.29. The lowest BCUT2D eigenvalue weighted by atomic mass is 9.88. The van der Waals surface area contributed by atoms with Crippen molar-refractivity contribution in [1.29, 1.82) is 0 Å². The number of nitrogens with zero attached hydrogens (tertiary/aromatic N) is 3. The number of carbonyl (C=O) groups excluding carboxylic acids is 2. The van der Waals surface area contributed by atoms with Crippen LogP contribution in [0, 0.1) is 5.92 Å². The molecular formula is C15H21N5O8S2. The summed E-state index contributed by atoms with van der Waals surface area (Å²) in [6.45, 7) is 5.61. The first-order valence-corrected chi connectivity index (χ1v) is 10.8. The number of β-lactam (4-membered cyclic amide) rings is 1. The molecule has 5 N–H and O–H groups in total. The van der Waals surface area contributed by atoms with Gasteiger partial charge in [0.1, 0.15) is 11.7 Å². The number of anilines is 1. The van der Waals surface area contributed by atoms with Gasteiger partial charge in [-0.25, -0.2) is 14.1 Å². The van der Waals surface area contributed by atoms with E-state index in [0.29, 0.717) is 0 Å². The first-order chi connectivity index (χ1) is 13.7. The quantitative estimate of drug-likeness (QED) is 0.168. The van der Waals surface area contributed by atoms with Gasteiger partial charge in [-0.1, -0.05) is 19.0 Å². The third kappa shape index (κ3) is 4.68. The molecule has 0 aliphatic carbocycles. The molecule has 0 radical (unpaired) electrons. The van der Waals surface area contributed by atoms with Crippen LogP contribution in [0.3, 0.4) is 0 Å². The standard InChI is InChI=1S/C15H21N5O8S2/c1-6(2)10-9(12(22)20(10)30(25,26)27)18-11(21)8(7-5-29-14(16)17-7)19-28-15(3,4)13(23)24/h5-6,9-10H,1-4H3,(H2,16,17)(H,18,21)(H,23,24)(H,25,26,27)/t9-,10+/m0/s1. The van der Waals surface area contributed by atoms with Crippen LogP contribution in [0.5, 0.6) is 0 Å². The number of aromatic nitrogens is 1. The second-order valence-electron chi connectivity index (χ2n) is 7.22. The topological polar surface area (TPSA) is 202 Å². The van der Waals surface area contributed by atoms with Gasteiger partial charge in [0.05, 0.1) is 6.04 Å². The molecule has 30 heavy (non-hydrogen) atoms. The third-order valence-corrected chi connectivity index (χ3v) is 5.77. The van der Waals surface area contributed by atoms with Gasteiger partial charge in [-0.15, -0.1) is 11.3 Å². The van der Waals surface area contributed by atoms with E-state index in [1.165, 1.54) is 19.2 Å². The normalized spacial score (nSPS) is 20.1. The summed E-state index contributed by atoms with van der Waals surface area (Å²) in [5.74, 6) is -3.79. The zero-order chi connectivity index (χ0) is 23.0. The molecule has 166 valence electrons. The Kier molecular flexibility index (Phi) is 6.39. The van der Waals surface area contributed by atoms with Gasteiger partial charge in [0.15, 0.2) is 10.8 Å². The van der Waals surface area contributed by atoms with Crippen molar-refractivity contribution in [2.24, 2.45) is 11.1 Å². The van der Waals surface area contributed by atoms with Gasteiger partial charge < -0.3 is 21.0 Å². The van der Waals surface area contributed by atoms with Crippen molar-refractivity contribution in [3.8, 4) is 0 Å². The SMILES string of the molecule is CC(C)[C@@H]1[C@H](NC(=O)C(=NOC(C)(C)C(=O)O)c2csc(N)n2)C(=O)N1S(=O)(=O)O. The van der Waals surface area contributed by atoms with Crippen LogP contribution in [-0.4, -0.2) is 68.5 Å². The minimum absolute atomic E-state index is 0.0318.